The van der Waals surface area contributed by atoms with Gasteiger partial charge in [-0.2, -0.15) is 0 Å². The maximum atomic E-state index is 12.1. The van der Waals surface area contributed by atoms with E-state index in [4.69, 9.17) is 15.2 Å². The number of anilines is 2. The van der Waals surface area contributed by atoms with Gasteiger partial charge in [0, 0.05) is 37.0 Å². The monoisotopic (exact) mass is 369 g/mol. The standard InChI is InChI=1S/C20H23N3O4/c21-10-12-26-17-8-6-15(7-9-17)22-19(24)14-27-18-4-1-3-16(13-18)23-11-2-5-20(23)25/h1,3-4,6-9,13H,2,5,10-12,14,21H2,(H,22,24). The van der Waals surface area contributed by atoms with E-state index in [1.807, 2.05) is 12.1 Å². The average Bonchev–Trinajstić information content (AvgIpc) is 3.12. The molecule has 0 saturated carbocycles. The van der Waals surface area contributed by atoms with Gasteiger partial charge < -0.3 is 25.4 Å². The molecule has 0 aliphatic carbocycles. The lowest BCUT2D eigenvalue weighted by atomic mass is 10.3. The van der Waals surface area contributed by atoms with Gasteiger partial charge in [0.1, 0.15) is 18.1 Å². The normalized spacial score (nSPS) is 13.5. The van der Waals surface area contributed by atoms with E-state index in [2.05, 4.69) is 5.32 Å². The van der Waals surface area contributed by atoms with E-state index >= 15 is 0 Å². The Morgan fingerprint density at radius 1 is 1.11 bits per heavy atom. The van der Waals surface area contributed by atoms with E-state index in [9.17, 15) is 9.59 Å². The van der Waals surface area contributed by atoms with Gasteiger partial charge >= 0.3 is 0 Å². The molecule has 1 fully saturated rings. The highest BCUT2D eigenvalue weighted by Gasteiger charge is 2.21. The number of ether oxygens (including phenoxy) is 2. The summed E-state index contributed by atoms with van der Waals surface area (Å²) >= 11 is 0. The Balaban J connectivity index is 1.51. The third-order valence-corrected chi connectivity index (χ3v) is 4.10. The predicted octanol–water partition coefficient (Wildman–Crippen LogP) is 2.17. The number of amides is 2. The molecule has 0 atom stereocenters. The lowest BCUT2D eigenvalue weighted by Gasteiger charge is -2.16. The molecular weight excluding hydrogens is 346 g/mol. The number of nitrogens with zero attached hydrogens (tertiary/aromatic N) is 1. The van der Waals surface area contributed by atoms with Crippen molar-refractivity contribution in [3.05, 3.63) is 48.5 Å². The predicted molar refractivity (Wildman–Crippen MR) is 103 cm³/mol. The molecule has 142 valence electrons. The number of benzene rings is 2. The van der Waals surface area contributed by atoms with Crippen LogP contribution in [0.25, 0.3) is 0 Å². The summed E-state index contributed by atoms with van der Waals surface area (Å²) in [5.74, 6) is 1.09. The fourth-order valence-corrected chi connectivity index (χ4v) is 2.82. The highest BCUT2D eigenvalue weighted by Crippen LogP contribution is 2.25. The van der Waals surface area contributed by atoms with E-state index in [-0.39, 0.29) is 18.4 Å². The van der Waals surface area contributed by atoms with Crippen LogP contribution >= 0.6 is 0 Å². The van der Waals surface area contributed by atoms with Crippen LogP contribution in [0, 0.1) is 0 Å². The molecule has 0 radical (unpaired) electrons. The fraction of sp³-hybridized carbons (Fsp3) is 0.300. The molecule has 0 unspecified atom stereocenters. The summed E-state index contributed by atoms with van der Waals surface area (Å²) < 4.78 is 11.0. The molecule has 2 aromatic rings. The number of nitrogens with one attached hydrogen (secondary N) is 1. The van der Waals surface area contributed by atoms with Crippen LogP contribution in [0.4, 0.5) is 11.4 Å². The van der Waals surface area contributed by atoms with E-state index in [1.54, 1.807) is 41.3 Å². The van der Waals surface area contributed by atoms with Crippen LogP contribution < -0.4 is 25.4 Å². The van der Waals surface area contributed by atoms with Crippen LogP contribution in [0.2, 0.25) is 0 Å². The largest absolute Gasteiger partial charge is 0.492 e. The molecular formula is C20H23N3O4. The minimum absolute atomic E-state index is 0.115. The van der Waals surface area contributed by atoms with Crippen molar-refractivity contribution in [3.63, 3.8) is 0 Å². The van der Waals surface area contributed by atoms with Gasteiger partial charge in [0.05, 0.1) is 0 Å². The van der Waals surface area contributed by atoms with Crippen molar-refractivity contribution in [3.8, 4) is 11.5 Å². The SMILES string of the molecule is NCCOc1ccc(NC(=O)COc2cccc(N3CCCC3=O)c2)cc1. The van der Waals surface area contributed by atoms with Crippen molar-refractivity contribution in [2.24, 2.45) is 5.73 Å². The van der Waals surface area contributed by atoms with Crippen LogP contribution in [-0.2, 0) is 9.59 Å². The summed E-state index contributed by atoms with van der Waals surface area (Å²) in [6.07, 6.45) is 1.44. The van der Waals surface area contributed by atoms with Crippen molar-refractivity contribution >= 4 is 23.2 Å². The first kappa shape index (κ1) is 18.7. The average molecular weight is 369 g/mol. The van der Waals surface area contributed by atoms with Gasteiger partial charge in [0.15, 0.2) is 6.61 Å². The quantitative estimate of drug-likeness (QED) is 0.744. The van der Waals surface area contributed by atoms with Gasteiger partial charge in [-0.3, -0.25) is 9.59 Å². The summed E-state index contributed by atoms with van der Waals surface area (Å²) in [5, 5.41) is 2.76. The third-order valence-electron chi connectivity index (χ3n) is 4.10. The van der Waals surface area contributed by atoms with Crippen molar-refractivity contribution in [2.75, 3.05) is 36.5 Å². The van der Waals surface area contributed by atoms with Crippen LogP contribution in [0.1, 0.15) is 12.8 Å². The molecule has 2 amide bonds. The molecule has 7 heteroatoms. The lowest BCUT2D eigenvalue weighted by Crippen LogP contribution is -2.24. The Morgan fingerprint density at radius 2 is 1.93 bits per heavy atom. The molecule has 2 aromatic carbocycles. The van der Waals surface area contributed by atoms with Gasteiger partial charge in [0.25, 0.3) is 5.91 Å². The Labute approximate surface area is 158 Å². The second-order valence-electron chi connectivity index (χ2n) is 6.14. The maximum absolute atomic E-state index is 12.1. The van der Waals surface area contributed by atoms with Crippen molar-refractivity contribution in [1.82, 2.24) is 0 Å². The first-order chi connectivity index (χ1) is 13.2. The molecule has 0 spiro atoms. The topological polar surface area (TPSA) is 93.9 Å². The van der Waals surface area contributed by atoms with Gasteiger partial charge in [-0.1, -0.05) is 6.07 Å². The van der Waals surface area contributed by atoms with Crippen molar-refractivity contribution < 1.29 is 19.1 Å². The van der Waals surface area contributed by atoms with Crippen LogP contribution in [0.5, 0.6) is 11.5 Å². The minimum Gasteiger partial charge on any atom is -0.492 e. The molecule has 1 aliphatic rings. The Bertz CT molecular complexity index is 792. The van der Waals surface area contributed by atoms with E-state index < -0.39 is 0 Å². The molecule has 27 heavy (non-hydrogen) atoms. The molecule has 1 saturated heterocycles. The second-order valence-corrected chi connectivity index (χ2v) is 6.14. The Kier molecular flexibility index (Phi) is 6.27. The van der Waals surface area contributed by atoms with Crippen LogP contribution in [0.15, 0.2) is 48.5 Å². The number of rotatable bonds is 8. The molecule has 0 bridgehead atoms. The maximum Gasteiger partial charge on any atom is 0.262 e. The van der Waals surface area contributed by atoms with Gasteiger partial charge in [0.2, 0.25) is 5.91 Å². The van der Waals surface area contributed by atoms with E-state index in [0.717, 1.165) is 12.1 Å². The van der Waals surface area contributed by atoms with Crippen molar-refractivity contribution in [1.29, 1.82) is 0 Å². The van der Waals surface area contributed by atoms with E-state index in [0.29, 0.717) is 43.3 Å². The van der Waals surface area contributed by atoms with Gasteiger partial charge in [-0.25, -0.2) is 0 Å². The number of hydrogen-bond donors (Lipinski definition) is 2. The summed E-state index contributed by atoms with van der Waals surface area (Å²) in [6, 6.07) is 14.3. The van der Waals surface area contributed by atoms with E-state index in [1.165, 1.54) is 0 Å². The molecule has 7 nitrogen and oxygen atoms in total. The lowest BCUT2D eigenvalue weighted by molar-refractivity contribution is -0.118. The molecule has 1 aliphatic heterocycles. The van der Waals surface area contributed by atoms with Gasteiger partial charge in [-0.15, -0.1) is 0 Å². The zero-order valence-corrected chi connectivity index (χ0v) is 15.0. The number of nitrogens with two attached hydrogens (primary N) is 1. The fourth-order valence-electron chi connectivity index (χ4n) is 2.82. The zero-order chi connectivity index (χ0) is 19.1. The van der Waals surface area contributed by atoms with Crippen molar-refractivity contribution in [2.45, 2.75) is 12.8 Å². The smallest absolute Gasteiger partial charge is 0.262 e. The number of hydrogen-bond acceptors (Lipinski definition) is 5. The zero-order valence-electron chi connectivity index (χ0n) is 15.0. The highest BCUT2D eigenvalue weighted by atomic mass is 16.5. The molecule has 3 N–H and O–H groups in total. The molecule has 0 aromatic heterocycles. The Hall–Kier alpha value is -3.06. The molecule has 3 rings (SSSR count). The summed E-state index contributed by atoms with van der Waals surface area (Å²) in [5.41, 5.74) is 6.84. The minimum atomic E-state index is -0.270. The summed E-state index contributed by atoms with van der Waals surface area (Å²) in [6.45, 7) is 1.49. The highest BCUT2D eigenvalue weighted by molar-refractivity contribution is 5.95. The second kappa shape index (κ2) is 9.05. The van der Waals surface area contributed by atoms with Gasteiger partial charge in [-0.05, 0) is 42.8 Å². The third kappa shape index (κ3) is 5.21. The Morgan fingerprint density at radius 3 is 2.63 bits per heavy atom. The molecule has 1 heterocycles. The summed E-state index contributed by atoms with van der Waals surface area (Å²) in [7, 11) is 0. The summed E-state index contributed by atoms with van der Waals surface area (Å²) in [4.78, 5) is 25.7. The number of carbonyl (C=O) groups is 2. The number of carbonyl (C=O) groups excluding carboxylic acids is 2. The first-order valence-electron chi connectivity index (χ1n) is 8.92. The van der Waals surface area contributed by atoms with Crippen LogP contribution in [-0.4, -0.2) is 38.1 Å². The first-order valence-corrected chi connectivity index (χ1v) is 8.92. The van der Waals surface area contributed by atoms with Crippen LogP contribution in [0.3, 0.4) is 0 Å².